The van der Waals surface area contributed by atoms with Crippen LogP contribution in [0.2, 0.25) is 0 Å². The lowest BCUT2D eigenvalue weighted by Crippen LogP contribution is -2.29. The topological polar surface area (TPSA) is 48.5 Å². The monoisotopic (exact) mass is 358 g/mol. The van der Waals surface area contributed by atoms with Crippen molar-refractivity contribution in [3.8, 4) is 0 Å². The maximum atomic E-state index is 13.7. The molecule has 0 aliphatic heterocycles. The van der Waals surface area contributed by atoms with Crippen molar-refractivity contribution in [2.75, 3.05) is 42.8 Å². The van der Waals surface area contributed by atoms with Gasteiger partial charge in [-0.1, -0.05) is 17.4 Å². The number of aromatic nitrogens is 1. The van der Waals surface area contributed by atoms with Gasteiger partial charge in [0.15, 0.2) is 5.13 Å². The van der Waals surface area contributed by atoms with Crippen molar-refractivity contribution in [3.05, 3.63) is 48.3 Å². The third-order valence-corrected chi connectivity index (χ3v) is 4.87. The van der Waals surface area contributed by atoms with Gasteiger partial charge in [0.1, 0.15) is 11.3 Å². The molecule has 1 amide bonds. The average molecular weight is 358 g/mol. The quantitative estimate of drug-likeness (QED) is 0.757. The van der Waals surface area contributed by atoms with E-state index in [1.165, 1.54) is 17.4 Å². The normalized spacial score (nSPS) is 10.7. The highest BCUT2D eigenvalue weighted by atomic mass is 32.1. The average Bonchev–Trinajstić information content (AvgIpc) is 3.01. The lowest BCUT2D eigenvalue weighted by atomic mass is 10.2. The molecule has 1 aromatic heterocycles. The third-order valence-electron chi connectivity index (χ3n) is 3.73. The van der Waals surface area contributed by atoms with E-state index < -0.39 is 0 Å². The molecule has 7 heteroatoms. The molecule has 0 saturated carbocycles. The summed E-state index contributed by atoms with van der Waals surface area (Å²) in [7, 11) is 5.69. The molecule has 25 heavy (non-hydrogen) atoms. The number of benzene rings is 2. The Morgan fingerprint density at radius 1 is 1.16 bits per heavy atom. The molecular formula is C18H19FN4OS. The number of carbonyl (C=O) groups is 1. The number of nitrogens with one attached hydrogen (secondary N) is 1. The van der Waals surface area contributed by atoms with Crippen LogP contribution in [0.4, 0.5) is 20.9 Å². The number of halogens is 1. The van der Waals surface area contributed by atoms with Crippen LogP contribution in [0.3, 0.4) is 0 Å². The molecule has 130 valence electrons. The summed E-state index contributed by atoms with van der Waals surface area (Å²) in [6.45, 7) is 0.136. The Hall–Kier alpha value is -2.67. The summed E-state index contributed by atoms with van der Waals surface area (Å²) in [6.07, 6.45) is 0. The predicted octanol–water partition coefficient (Wildman–Crippen LogP) is 3.58. The van der Waals surface area contributed by atoms with Gasteiger partial charge in [-0.2, -0.15) is 0 Å². The number of thiazole rings is 1. The van der Waals surface area contributed by atoms with Gasteiger partial charge in [-0.25, -0.2) is 9.37 Å². The fourth-order valence-electron chi connectivity index (χ4n) is 2.39. The number of carbonyl (C=O) groups excluding carboxylic acids is 1. The summed E-state index contributed by atoms with van der Waals surface area (Å²) < 4.78 is 14.5. The van der Waals surface area contributed by atoms with E-state index in [0.717, 1.165) is 16.1 Å². The van der Waals surface area contributed by atoms with Crippen LogP contribution in [0.25, 0.3) is 10.2 Å². The number of fused-ring (bicyclic) bond motifs is 1. The van der Waals surface area contributed by atoms with Crippen molar-refractivity contribution < 1.29 is 9.18 Å². The molecule has 3 rings (SSSR count). The second-order valence-corrected chi connectivity index (χ2v) is 6.94. The first-order valence-corrected chi connectivity index (χ1v) is 8.59. The van der Waals surface area contributed by atoms with Crippen LogP contribution in [0, 0.1) is 5.82 Å². The Balaban J connectivity index is 1.66. The van der Waals surface area contributed by atoms with Gasteiger partial charge in [0.05, 0.1) is 11.2 Å². The Labute approximate surface area is 149 Å². The smallest absolute Gasteiger partial charge is 0.243 e. The standard InChI is InChI=1S/C18H19FN4OS/c1-22(2)13-9-7-12(8-10-13)20-16(24)11-23(3)18-21-17-14(19)5-4-6-15(17)25-18/h4-10H,11H2,1-3H3,(H,20,24). The first-order valence-electron chi connectivity index (χ1n) is 7.77. The zero-order valence-electron chi connectivity index (χ0n) is 14.3. The summed E-state index contributed by atoms with van der Waals surface area (Å²) >= 11 is 1.36. The van der Waals surface area contributed by atoms with Crippen molar-refractivity contribution in [3.63, 3.8) is 0 Å². The molecule has 1 heterocycles. The highest BCUT2D eigenvalue weighted by Gasteiger charge is 2.14. The van der Waals surface area contributed by atoms with E-state index >= 15 is 0 Å². The Morgan fingerprint density at radius 3 is 2.52 bits per heavy atom. The fraction of sp³-hybridized carbons (Fsp3) is 0.222. The first-order chi connectivity index (χ1) is 11.9. The molecule has 0 aliphatic carbocycles. The number of anilines is 3. The molecule has 0 atom stereocenters. The zero-order valence-corrected chi connectivity index (χ0v) is 15.1. The second-order valence-electron chi connectivity index (χ2n) is 5.93. The number of nitrogens with zero attached hydrogens (tertiary/aromatic N) is 3. The molecule has 1 N–H and O–H groups in total. The van der Waals surface area contributed by atoms with E-state index in [1.54, 1.807) is 18.0 Å². The summed E-state index contributed by atoms with van der Waals surface area (Å²) in [4.78, 5) is 20.2. The Bertz CT molecular complexity index is 892. The number of amides is 1. The molecule has 0 unspecified atom stereocenters. The minimum Gasteiger partial charge on any atom is -0.378 e. The van der Waals surface area contributed by atoms with Crippen LogP contribution >= 0.6 is 11.3 Å². The van der Waals surface area contributed by atoms with Crippen molar-refractivity contribution in [2.24, 2.45) is 0 Å². The number of para-hydroxylation sites is 1. The van der Waals surface area contributed by atoms with E-state index in [4.69, 9.17) is 0 Å². The van der Waals surface area contributed by atoms with Crippen LogP contribution in [0.1, 0.15) is 0 Å². The van der Waals surface area contributed by atoms with Crippen molar-refractivity contribution in [2.45, 2.75) is 0 Å². The highest BCUT2D eigenvalue weighted by molar-refractivity contribution is 7.22. The predicted molar refractivity (Wildman–Crippen MR) is 102 cm³/mol. The van der Waals surface area contributed by atoms with Gasteiger partial charge >= 0.3 is 0 Å². The highest BCUT2D eigenvalue weighted by Crippen LogP contribution is 2.29. The molecule has 0 bridgehead atoms. The van der Waals surface area contributed by atoms with Gasteiger partial charge in [0.25, 0.3) is 0 Å². The van der Waals surface area contributed by atoms with Crippen LogP contribution < -0.4 is 15.1 Å². The number of likely N-dealkylation sites (N-methyl/N-ethyl adjacent to an activating group) is 1. The van der Waals surface area contributed by atoms with Gasteiger partial charge < -0.3 is 15.1 Å². The van der Waals surface area contributed by atoms with Gasteiger partial charge in [-0.3, -0.25) is 4.79 Å². The first kappa shape index (κ1) is 17.2. The summed E-state index contributed by atoms with van der Waals surface area (Å²) in [5.41, 5.74) is 2.14. The van der Waals surface area contributed by atoms with Crippen LogP contribution in [0.5, 0.6) is 0 Å². The van der Waals surface area contributed by atoms with Crippen LogP contribution in [-0.2, 0) is 4.79 Å². The van der Waals surface area contributed by atoms with Crippen LogP contribution in [0.15, 0.2) is 42.5 Å². The molecule has 0 fully saturated rings. The Morgan fingerprint density at radius 2 is 1.88 bits per heavy atom. The molecular weight excluding hydrogens is 339 g/mol. The molecule has 2 aromatic carbocycles. The summed E-state index contributed by atoms with van der Waals surface area (Å²) in [6, 6.07) is 12.5. The van der Waals surface area contributed by atoms with Gasteiger partial charge in [-0.15, -0.1) is 0 Å². The van der Waals surface area contributed by atoms with Gasteiger partial charge in [-0.05, 0) is 36.4 Å². The SMILES string of the molecule is CN(C)c1ccc(NC(=O)CN(C)c2nc3c(F)cccc3s2)cc1. The Kier molecular flexibility index (Phi) is 4.85. The largest absolute Gasteiger partial charge is 0.378 e. The van der Waals surface area contributed by atoms with E-state index in [9.17, 15) is 9.18 Å². The molecule has 0 aliphatic rings. The lowest BCUT2D eigenvalue weighted by molar-refractivity contribution is -0.114. The molecule has 5 nitrogen and oxygen atoms in total. The minimum absolute atomic E-state index is 0.136. The van der Waals surface area contributed by atoms with Gasteiger partial charge in [0.2, 0.25) is 5.91 Å². The third kappa shape index (κ3) is 3.88. The van der Waals surface area contributed by atoms with Crippen molar-refractivity contribution in [1.29, 1.82) is 0 Å². The number of rotatable bonds is 5. The molecule has 0 spiro atoms. The minimum atomic E-state index is -0.348. The molecule has 0 saturated heterocycles. The van der Waals surface area contributed by atoms with Gasteiger partial charge in [0, 0.05) is 32.5 Å². The lowest BCUT2D eigenvalue weighted by Gasteiger charge is -2.16. The van der Waals surface area contributed by atoms with E-state index in [0.29, 0.717) is 10.6 Å². The van der Waals surface area contributed by atoms with Crippen molar-refractivity contribution >= 4 is 44.0 Å². The fourth-order valence-corrected chi connectivity index (χ4v) is 3.33. The molecule has 0 radical (unpaired) electrons. The number of hydrogen-bond donors (Lipinski definition) is 1. The van der Waals surface area contributed by atoms with E-state index in [-0.39, 0.29) is 18.3 Å². The van der Waals surface area contributed by atoms with E-state index in [2.05, 4.69) is 10.3 Å². The van der Waals surface area contributed by atoms with Crippen molar-refractivity contribution in [1.82, 2.24) is 4.98 Å². The second kappa shape index (κ2) is 7.06. The zero-order chi connectivity index (χ0) is 18.0. The molecule has 3 aromatic rings. The maximum absolute atomic E-state index is 13.7. The summed E-state index contributed by atoms with van der Waals surface area (Å²) in [5.74, 6) is -0.501. The maximum Gasteiger partial charge on any atom is 0.243 e. The van der Waals surface area contributed by atoms with E-state index in [1.807, 2.05) is 49.3 Å². The van der Waals surface area contributed by atoms with Crippen LogP contribution in [-0.4, -0.2) is 38.6 Å². The summed E-state index contributed by atoms with van der Waals surface area (Å²) in [5, 5.41) is 3.47. The number of hydrogen-bond acceptors (Lipinski definition) is 5.